The molecule has 0 saturated heterocycles. The van der Waals surface area contributed by atoms with Gasteiger partial charge in [0.05, 0.1) is 16.1 Å². The lowest BCUT2D eigenvalue weighted by molar-refractivity contribution is 0.630. The molecule has 3 N–H and O–H groups in total. The predicted molar refractivity (Wildman–Crippen MR) is 68.7 cm³/mol. The molecule has 6 heteroatoms. The van der Waals surface area contributed by atoms with Crippen molar-refractivity contribution in [1.82, 2.24) is 15.0 Å². The van der Waals surface area contributed by atoms with Crippen molar-refractivity contribution in [3.05, 3.63) is 41.2 Å². The number of imidazole rings is 1. The summed E-state index contributed by atoms with van der Waals surface area (Å²) in [5, 5.41) is 0.0560. The zero-order valence-electron chi connectivity index (χ0n) is 9.11. The van der Waals surface area contributed by atoms with Gasteiger partial charge in [0.25, 0.3) is 0 Å². The number of hydrogen-bond donors (Lipinski definition) is 2. The summed E-state index contributed by atoms with van der Waals surface area (Å²) in [5.41, 5.74) is 7.01. The van der Waals surface area contributed by atoms with Crippen molar-refractivity contribution in [2.45, 2.75) is 0 Å². The van der Waals surface area contributed by atoms with Crippen LogP contribution in [0.5, 0.6) is 0 Å². The number of aromatic nitrogens is 3. The van der Waals surface area contributed by atoms with Gasteiger partial charge >= 0.3 is 0 Å². The predicted octanol–water partition coefficient (Wildman–Crippen LogP) is 3.00. The molecule has 0 aliphatic heterocycles. The Balaban J connectivity index is 2.22. The summed E-state index contributed by atoms with van der Waals surface area (Å²) in [6.07, 6.45) is 0. The molecule has 0 bridgehead atoms. The van der Waals surface area contributed by atoms with E-state index in [1.54, 1.807) is 24.3 Å². The van der Waals surface area contributed by atoms with Crippen molar-refractivity contribution < 1.29 is 4.39 Å². The van der Waals surface area contributed by atoms with Gasteiger partial charge in [-0.3, -0.25) is 0 Å². The van der Waals surface area contributed by atoms with Crippen molar-refractivity contribution in [3.63, 3.8) is 0 Å². The molecule has 0 saturated carbocycles. The molecule has 3 rings (SSSR count). The number of nitrogens with two attached hydrogens (primary N) is 1. The molecule has 1 aromatic carbocycles. The molecule has 3 aromatic rings. The molecule has 0 amide bonds. The average molecular weight is 263 g/mol. The lowest BCUT2D eigenvalue weighted by Gasteiger charge is -1.99. The summed E-state index contributed by atoms with van der Waals surface area (Å²) in [5.74, 6) is 0.237. The molecular formula is C12H8ClFN4. The topological polar surface area (TPSA) is 67.6 Å². The van der Waals surface area contributed by atoms with Gasteiger partial charge < -0.3 is 10.7 Å². The smallest absolute Gasteiger partial charge is 0.180 e. The standard InChI is InChI=1S/C12H8ClFN4/c13-7-3-1-2-6(10(7)14)11-16-8-4-5-9(15)17-12(8)18-11/h1-5H,(H3,15,16,17,18). The molecular weight excluding hydrogens is 255 g/mol. The lowest BCUT2D eigenvalue weighted by atomic mass is 10.2. The maximum Gasteiger partial charge on any atom is 0.180 e. The SMILES string of the molecule is Nc1ccc2[nH]c(-c3cccc(Cl)c3F)nc2n1. The minimum atomic E-state index is -0.508. The van der Waals surface area contributed by atoms with Crippen LogP contribution in [0.3, 0.4) is 0 Å². The maximum atomic E-state index is 13.9. The van der Waals surface area contributed by atoms with Gasteiger partial charge in [0.2, 0.25) is 0 Å². The lowest BCUT2D eigenvalue weighted by Crippen LogP contribution is -1.88. The van der Waals surface area contributed by atoms with E-state index in [1.807, 2.05) is 0 Å². The van der Waals surface area contributed by atoms with Gasteiger partial charge in [-0.05, 0) is 24.3 Å². The van der Waals surface area contributed by atoms with Crippen LogP contribution in [-0.4, -0.2) is 15.0 Å². The van der Waals surface area contributed by atoms with E-state index in [1.165, 1.54) is 6.07 Å². The van der Waals surface area contributed by atoms with Crippen molar-refractivity contribution in [2.75, 3.05) is 5.73 Å². The molecule has 90 valence electrons. The van der Waals surface area contributed by atoms with E-state index < -0.39 is 5.82 Å². The first-order chi connectivity index (χ1) is 8.65. The Bertz CT molecular complexity index is 738. The molecule has 4 nitrogen and oxygen atoms in total. The third-order valence-corrected chi connectivity index (χ3v) is 2.87. The Labute approximate surface area is 107 Å². The van der Waals surface area contributed by atoms with Crippen LogP contribution in [0.4, 0.5) is 10.2 Å². The Hall–Kier alpha value is -2.14. The van der Waals surface area contributed by atoms with Crippen LogP contribution in [-0.2, 0) is 0 Å². The minimum absolute atomic E-state index is 0.0560. The summed E-state index contributed by atoms with van der Waals surface area (Å²) < 4.78 is 13.9. The van der Waals surface area contributed by atoms with Gasteiger partial charge in [0.15, 0.2) is 11.5 Å². The number of hydrogen-bond acceptors (Lipinski definition) is 3. The number of aromatic amines is 1. The number of pyridine rings is 1. The number of nitrogen functional groups attached to an aromatic ring is 1. The monoisotopic (exact) mass is 262 g/mol. The highest BCUT2D eigenvalue weighted by atomic mass is 35.5. The number of rotatable bonds is 1. The highest BCUT2D eigenvalue weighted by Gasteiger charge is 2.12. The molecule has 0 spiro atoms. The van der Waals surface area contributed by atoms with Crippen molar-refractivity contribution in [3.8, 4) is 11.4 Å². The second kappa shape index (κ2) is 3.96. The van der Waals surface area contributed by atoms with Crippen LogP contribution in [0.2, 0.25) is 5.02 Å². The molecule has 0 aliphatic rings. The van der Waals surface area contributed by atoms with Crippen molar-refractivity contribution in [1.29, 1.82) is 0 Å². The minimum Gasteiger partial charge on any atom is -0.384 e. The van der Waals surface area contributed by atoms with Crippen LogP contribution in [0, 0.1) is 5.82 Å². The first-order valence-corrected chi connectivity index (χ1v) is 5.59. The fourth-order valence-corrected chi connectivity index (χ4v) is 1.90. The van der Waals surface area contributed by atoms with E-state index >= 15 is 0 Å². The van der Waals surface area contributed by atoms with Gasteiger partial charge in [0.1, 0.15) is 11.6 Å². The summed E-state index contributed by atoms with van der Waals surface area (Å²) in [6, 6.07) is 8.15. The van der Waals surface area contributed by atoms with Crippen molar-refractivity contribution in [2.24, 2.45) is 0 Å². The summed E-state index contributed by atoms with van der Waals surface area (Å²) in [6.45, 7) is 0. The van der Waals surface area contributed by atoms with Crippen LogP contribution in [0.25, 0.3) is 22.6 Å². The fraction of sp³-hybridized carbons (Fsp3) is 0. The number of anilines is 1. The molecule has 2 aromatic heterocycles. The van der Waals surface area contributed by atoms with Crippen LogP contribution in [0.15, 0.2) is 30.3 Å². The molecule has 18 heavy (non-hydrogen) atoms. The Morgan fingerprint density at radius 3 is 2.83 bits per heavy atom. The van der Waals surface area contributed by atoms with Gasteiger partial charge in [-0.25, -0.2) is 14.4 Å². The first kappa shape index (κ1) is 11.0. The third-order valence-electron chi connectivity index (χ3n) is 2.57. The number of nitrogens with one attached hydrogen (secondary N) is 1. The second-order valence-corrected chi connectivity index (χ2v) is 4.20. The summed E-state index contributed by atoms with van der Waals surface area (Å²) in [4.78, 5) is 11.2. The normalized spacial score (nSPS) is 11.0. The van der Waals surface area contributed by atoms with Gasteiger partial charge in [-0.1, -0.05) is 17.7 Å². The van der Waals surface area contributed by atoms with Crippen LogP contribution >= 0.6 is 11.6 Å². The fourth-order valence-electron chi connectivity index (χ4n) is 1.72. The number of fused-ring (bicyclic) bond motifs is 1. The van der Waals surface area contributed by atoms with Gasteiger partial charge in [-0.15, -0.1) is 0 Å². The number of benzene rings is 1. The summed E-state index contributed by atoms with van der Waals surface area (Å²) in [7, 11) is 0. The Morgan fingerprint density at radius 1 is 1.17 bits per heavy atom. The Morgan fingerprint density at radius 2 is 2.00 bits per heavy atom. The molecule has 0 fully saturated rings. The van der Waals surface area contributed by atoms with E-state index in [2.05, 4.69) is 15.0 Å². The zero-order chi connectivity index (χ0) is 12.7. The molecule has 2 heterocycles. The molecule has 0 radical (unpaired) electrons. The van der Waals surface area contributed by atoms with E-state index in [4.69, 9.17) is 17.3 Å². The maximum absolute atomic E-state index is 13.9. The number of H-pyrrole nitrogens is 1. The zero-order valence-corrected chi connectivity index (χ0v) is 9.87. The van der Waals surface area contributed by atoms with E-state index in [0.717, 1.165) is 0 Å². The van der Waals surface area contributed by atoms with Gasteiger partial charge in [0, 0.05) is 0 Å². The molecule has 0 aliphatic carbocycles. The number of nitrogens with zero attached hydrogens (tertiary/aromatic N) is 2. The number of halogens is 2. The van der Waals surface area contributed by atoms with E-state index in [0.29, 0.717) is 28.4 Å². The Kier molecular flexibility index (Phi) is 2.41. The highest BCUT2D eigenvalue weighted by molar-refractivity contribution is 6.31. The van der Waals surface area contributed by atoms with Gasteiger partial charge in [-0.2, -0.15) is 0 Å². The average Bonchev–Trinajstić information content (AvgIpc) is 2.75. The molecule has 0 unspecified atom stereocenters. The van der Waals surface area contributed by atoms with Crippen LogP contribution in [0.1, 0.15) is 0 Å². The van der Waals surface area contributed by atoms with Crippen molar-refractivity contribution >= 4 is 28.6 Å². The second-order valence-electron chi connectivity index (χ2n) is 3.79. The van der Waals surface area contributed by atoms with E-state index in [9.17, 15) is 4.39 Å². The third kappa shape index (κ3) is 1.69. The van der Waals surface area contributed by atoms with Crippen LogP contribution < -0.4 is 5.73 Å². The first-order valence-electron chi connectivity index (χ1n) is 5.22. The molecule has 0 atom stereocenters. The largest absolute Gasteiger partial charge is 0.384 e. The summed E-state index contributed by atoms with van der Waals surface area (Å²) >= 11 is 5.74. The van der Waals surface area contributed by atoms with E-state index in [-0.39, 0.29) is 5.02 Å². The quantitative estimate of drug-likeness (QED) is 0.708. The highest BCUT2D eigenvalue weighted by Crippen LogP contribution is 2.26.